The molecule has 3 heteroatoms. The van der Waals surface area contributed by atoms with Gasteiger partial charge >= 0.3 is 0 Å². The quantitative estimate of drug-likeness (QED) is 0.816. The predicted molar refractivity (Wildman–Crippen MR) is 70.8 cm³/mol. The van der Waals surface area contributed by atoms with Crippen molar-refractivity contribution in [3.05, 3.63) is 48.3 Å². The van der Waals surface area contributed by atoms with E-state index in [0.29, 0.717) is 0 Å². The minimum Gasteiger partial charge on any atom is -0.305 e. The lowest BCUT2D eigenvalue weighted by atomic mass is 10.1. The minimum atomic E-state index is 0.0807. The van der Waals surface area contributed by atoms with E-state index in [-0.39, 0.29) is 6.04 Å². The number of nitrogens with one attached hydrogen (secondary N) is 1. The van der Waals surface area contributed by atoms with E-state index >= 15 is 0 Å². The van der Waals surface area contributed by atoms with Gasteiger partial charge in [0.05, 0.1) is 29.0 Å². The summed E-state index contributed by atoms with van der Waals surface area (Å²) in [5.74, 6) is 0. The molecule has 2 rings (SSSR count). The molecule has 0 radical (unpaired) electrons. The Morgan fingerprint density at radius 3 is 2.71 bits per heavy atom. The first-order valence-electron chi connectivity index (χ1n) is 5.83. The number of benzene rings is 1. The minimum absolute atomic E-state index is 0.0807. The van der Waals surface area contributed by atoms with Crippen molar-refractivity contribution in [2.45, 2.75) is 19.9 Å². The normalized spacial score (nSPS) is 12.6. The van der Waals surface area contributed by atoms with E-state index in [0.717, 1.165) is 28.8 Å². The number of rotatable bonds is 4. The van der Waals surface area contributed by atoms with Crippen LogP contribution in [0.25, 0.3) is 11.0 Å². The molecule has 1 atom stereocenters. The van der Waals surface area contributed by atoms with Crippen LogP contribution in [0.15, 0.2) is 42.6 Å². The summed E-state index contributed by atoms with van der Waals surface area (Å²) < 4.78 is 0. The first-order chi connectivity index (χ1) is 8.22. The van der Waals surface area contributed by atoms with Crippen molar-refractivity contribution in [1.82, 2.24) is 15.3 Å². The summed E-state index contributed by atoms with van der Waals surface area (Å²) in [5.41, 5.74) is 3.83. The maximum absolute atomic E-state index is 4.63. The van der Waals surface area contributed by atoms with Gasteiger partial charge in [-0.3, -0.25) is 4.98 Å². The van der Waals surface area contributed by atoms with Crippen LogP contribution in [0.1, 0.15) is 25.6 Å². The van der Waals surface area contributed by atoms with Crippen LogP contribution in [0, 0.1) is 0 Å². The van der Waals surface area contributed by atoms with Crippen LogP contribution in [0.4, 0.5) is 0 Å². The van der Waals surface area contributed by atoms with Gasteiger partial charge in [-0.2, -0.15) is 0 Å². The zero-order valence-corrected chi connectivity index (χ0v) is 10.3. The van der Waals surface area contributed by atoms with E-state index in [1.165, 1.54) is 0 Å². The monoisotopic (exact) mass is 227 g/mol. The van der Waals surface area contributed by atoms with Crippen molar-refractivity contribution in [2.24, 2.45) is 0 Å². The number of likely N-dealkylation sites (N-methyl/N-ethyl adjacent to an activating group) is 1. The number of aromatic nitrogens is 2. The Morgan fingerprint density at radius 2 is 2.06 bits per heavy atom. The lowest BCUT2D eigenvalue weighted by Crippen LogP contribution is -2.22. The fourth-order valence-electron chi connectivity index (χ4n) is 1.85. The average Bonchev–Trinajstić information content (AvgIpc) is 2.35. The summed E-state index contributed by atoms with van der Waals surface area (Å²) in [6.45, 7) is 8.96. The van der Waals surface area contributed by atoms with Crippen molar-refractivity contribution in [3.8, 4) is 0 Å². The average molecular weight is 227 g/mol. The van der Waals surface area contributed by atoms with Crippen LogP contribution in [-0.2, 0) is 0 Å². The summed E-state index contributed by atoms with van der Waals surface area (Å²) in [7, 11) is 0. The molecule has 1 unspecified atom stereocenters. The first-order valence-corrected chi connectivity index (χ1v) is 5.83. The molecule has 0 bridgehead atoms. The molecule has 2 aromatic rings. The highest BCUT2D eigenvalue weighted by Gasteiger charge is 2.13. The molecule has 0 aliphatic carbocycles. The third-order valence-electron chi connectivity index (χ3n) is 2.66. The molecule has 0 fully saturated rings. The Morgan fingerprint density at radius 1 is 1.35 bits per heavy atom. The van der Waals surface area contributed by atoms with Crippen LogP contribution < -0.4 is 5.32 Å². The molecule has 0 amide bonds. The Balaban J connectivity index is 2.43. The van der Waals surface area contributed by atoms with Gasteiger partial charge in [-0.05, 0) is 25.6 Å². The first kappa shape index (κ1) is 11.7. The van der Waals surface area contributed by atoms with Crippen LogP contribution in [-0.4, -0.2) is 16.5 Å². The van der Waals surface area contributed by atoms with Gasteiger partial charge in [0.1, 0.15) is 0 Å². The summed E-state index contributed by atoms with van der Waals surface area (Å²) >= 11 is 0. The fraction of sp³-hybridized carbons (Fsp3) is 0.286. The van der Waals surface area contributed by atoms with E-state index in [1.54, 1.807) is 0 Å². The van der Waals surface area contributed by atoms with E-state index < -0.39 is 0 Å². The van der Waals surface area contributed by atoms with Gasteiger partial charge in [-0.1, -0.05) is 31.2 Å². The second kappa shape index (κ2) is 5.06. The number of fused-ring (bicyclic) bond motifs is 1. The van der Waals surface area contributed by atoms with Crippen molar-refractivity contribution >= 4 is 11.0 Å². The van der Waals surface area contributed by atoms with E-state index in [1.807, 2.05) is 37.4 Å². The van der Waals surface area contributed by atoms with Crippen LogP contribution in [0.2, 0.25) is 0 Å². The fourth-order valence-corrected chi connectivity index (χ4v) is 1.85. The lowest BCUT2D eigenvalue weighted by Gasteiger charge is -2.17. The molecule has 0 spiro atoms. The van der Waals surface area contributed by atoms with Gasteiger partial charge in [0.2, 0.25) is 0 Å². The molecule has 3 nitrogen and oxygen atoms in total. The second-order valence-corrected chi connectivity index (χ2v) is 4.12. The third kappa shape index (κ3) is 2.50. The van der Waals surface area contributed by atoms with Gasteiger partial charge in [-0.25, -0.2) is 4.98 Å². The highest BCUT2D eigenvalue weighted by molar-refractivity contribution is 5.73. The Labute approximate surface area is 102 Å². The maximum atomic E-state index is 4.63. The molecule has 0 aliphatic rings. The zero-order chi connectivity index (χ0) is 12.3. The number of nitrogens with zero attached hydrogens (tertiary/aromatic N) is 2. The second-order valence-electron chi connectivity index (χ2n) is 4.12. The summed E-state index contributed by atoms with van der Waals surface area (Å²) in [6.07, 6.45) is 1.82. The zero-order valence-electron chi connectivity index (χ0n) is 10.3. The molecule has 17 heavy (non-hydrogen) atoms. The standard InChI is InChI=1S/C14H17N3/c1-4-15-14(10(2)3)13-9-16-11-7-5-6-8-12(11)17-13/h5-9,14-15H,2,4H2,1,3H3. The van der Waals surface area contributed by atoms with Gasteiger partial charge in [0, 0.05) is 0 Å². The third-order valence-corrected chi connectivity index (χ3v) is 2.66. The topological polar surface area (TPSA) is 37.8 Å². The highest BCUT2D eigenvalue weighted by atomic mass is 14.9. The van der Waals surface area contributed by atoms with Gasteiger partial charge in [0.25, 0.3) is 0 Å². The van der Waals surface area contributed by atoms with Crippen molar-refractivity contribution < 1.29 is 0 Å². The number of hydrogen-bond acceptors (Lipinski definition) is 3. The Hall–Kier alpha value is -1.74. The molecular formula is C14H17N3. The maximum Gasteiger partial charge on any atom is 0.0890 e. The van der Waals surface area contributed by atoms with Crippen LogP contribution >= 0.6 is 0 Å². The summed E-state index contributed by atoms with van der Waals surface area (Å²) in [5, 5.41) is 3.36. The van der Waals surface area contributed by atoms with E-state index in [4.69, 9.17) is 0 Å². The molecule has 0 saturated carbocycles. The molecule has 1 aromatic carbocycles. The van der Waals surface area contributed by atoms with Gasteiger partial charge < -0.3 is 5.32 Å². The molecule has 1 heterocycles. The van der Waals surface area contributed by atoms with E-state index in [9.17, 15) is 0 Å². The SMILES string of the molecule is C=C(C)C(NCC)c1cnc2ccccc2n1. The van der Waals surface area contributed by atoms with Crippen molar-refractivity contribution in [1.29, 1.82) is 0 Å². The lowest BCUT2D eigenvalue weighted by molar-refractivity contribution is 0.606. The molecule has 0 saturated heterocycles. The molecule has 88 valence electrons. The van der Waals surface area contributed by atoms with Crippen LogP contribution in [0.5, 0.6) is 0 Å². The Kier molecular flexibility index (Phi) is 3.49. The summed E-state index contributed by atoms with van der Waals surface area (Å²) in [6, 6.07) is 7.97. The van der Waals surface area contributed by atoms with Crippen LogP contribution in [0.3, 0.4) is 0 Å². The number of hydrogen-bond donors (Lipinski definition) is 1. The largest absolute Gasteiger partial charge is 0.305 e. The van der Waals surface area contributed by atoms with Crippen molar-refractivity contribution in [2.75, 3.05) is 6.54 Å². The number of para-hydroxylation sites is 2. The molecule has 0 aliphatic heterocycles. The highest BCUT2D eigenvalue weighted by Crippen LogP contribution is 2.19. The molecule has 1 aromatic heterocycles. The summed E-state index contributed by atoms with van der Waals surface area (Å²) in [4.78, 5) is 9.05. The van der Waals surface area contributed by atoms with Crippen molar-refractivity contribution in [3.63, 3.8) is 0 Å². The molecule has 1 N–H and O–H groups in total. The van der Waals surface area contributed by atoms with E-state index in [2.05, 4.69) is 28.8 Å². The van der Waals surface area contributed by atoms with Gasteiger partial charge in [-0.15, -0.1) is 0 Å². The Bertz CT molecular complexity index is 534. The predicted octanol–water partition coefficient (Wildman–Crippen LogP) is 2.86. The smallest absolute Gasteiger partial charge is 0.0890 e. The van der Waals surface area contributed by atoms with Gasteiger partial charge in [0.15, 0.2) is 0 Å². The molecular weight excluding hydrogens is 210 g/mol.